The van der Waals surface area contributed by atoms with Gasteiger partial charge in [0.25, 0.3) is 5.91 Å². The average Bonchev–Trinajstić information content (AvgIpc) is 3.45. The van der Waals surface area contributed by atoms with Crippen LogP contribution in [0.25, 0.3) is 11.1 Å². The minimum Gasteiger partial charge on any atom is -0.348 e. The van der Waals surface area contributed by atoms with Crippen LogP contribution in [0.4, 0.5) is 5.95 Å². The zero-order chi connectivity index (χ0) is 19.5. The van der Waals surface area contributed by atoms with Crippen LogP contribution in [0.3, 0.4) is 0 Å². The zero-order valence-electron chi connectivity index (χ0n) is 17.0. The molecule has 2 aromatic rings. The van der Waals surface area contributed by atoms with Crippen molar-refractivity contribution in [3.8, 4) is 11.1 Å². The molecule has 150 valence electrons. The Morgan fingerprint density at radius 2 is 1.75 bits per heavy atom. The fraction of sp³-hybridized carbons (Fsp3) is 0.591. The lowest BCUT2D eigenvalue weighted by molar-refractivity contribution is 0.0923. The molecule has 0 spiro atoms. The van der Waals surface area contributed by atoms with Crippen LogP contribution in [-0.4, -0.2) is 40.6 Å². The Morgan fingerprint density at radius 1 is 1.07 bits per heavy atom. The summed E-state index contributed by atoms with van der Waals surface area (Å²) in [7, 11) is 3.86. The molecule has 1 N–H and O–H groups in total. The van der Waals surface area contributed by atoms with Gasteiger partial charge in [-0.3, -0.25) is 4.79 Å². The Hall–Kier alpha value is -2.37. The Balaban J connectivity index is 1.55. The predicted molar refractivity (Wildman–Crippen MR) is 111 cm³/mol. The number of nitrogens with zero attached hydrogens (tertiary/aromatic N) is 4. The zero-order valence-corrected chi connectivity index (χ0v) is 17.0. The third-order valence-corrected chi connectivity index (χ3v) is 5.84. The number of rotatable bonds is 6. The summed E-state index contributed by atoms with van der Waals surface area (Å²) < 4.78 is 2.14. The number of hydrogen-bond acceptors (Lipinski definition) is 4. The molecule has 2 fully saturated rings. The molecule has 0 bridgehead atoms. The first kappa shape index (κ1) is 19.0. The number of amides is 1. The Morgan fingerprint density at radius 3 is 2.36 bits per heavy atom. The van der Waals surface area contributed by atoms with Crippen molar-refractivity contribution in [2.45, 2.75) is 64.0 Å². The molecular weight excluding hydrogens is 350 g/mol. The van der Waals surface area contributed by atoms with E-state index in [1.54, 1.807) is 0 Å². The van der Waals surface area contributed by atoms with Crippen LogP contribution in [0.2, 0.25) is 0 Å². The second-order valence-electron chi connectivity index (χ2n) is 8.54. The van der Waals surface area contributed by atoms with E-state index in [0.717, 1.165) is 36.2 Å². The van der Waals surface area contributed by atoms with E-state index in [9.17, 15) is 4.79 Å². The predicted octanol–water partition coefficient (Wildman–Crippen LogP) is 3.87. The summed E-state index contributed by atoms with van der Waals surface area (Å²) in [6.45, 7) is 0.921. The van der Waals surface area contributed by atoms with E-state index in [1.165, 1.54) is 38.5 Å². The first-order chi connectivity index (χ1) is 13.6. The minimum atomic E-state index is 0.0598. The second-order valence-corrected chi connectivity index (χ2v) is 8.54. The maximum Gasteiger partial charge on any atom is 0.268 e. The molecule has 0 saturated heterocycles. The van der Waals surface area contributed by atoms with Crippen LogP contribution >= 0.6 is 0 Å². The average molecular weight is 382 g/mol. The van der Waals surface area contributed by atoms with Gasteiger partial charge in [-0.2, -0.15) is 0 Å². The van der Waals surface area contributed by atoms with Crippen LogP contribution in [0, 0.1) is 5.92 Å². The van der Waals surface area contributed by atoms with E-state index in [4.69, 9.17) is 0 Å². The molecular formula is C22H31N5O. The number of carbonyl (C=O) groups excluding carboxylic acids is 1. The van der Waals surface area contributed by atoms with Gasteiger partial charge >= 0.3 is 0 Å². The van der Waals surface area contributed by atoms with Crippen molar-refractivity contribution >= 4 is 11.9 Å². The number of anilines is 1. The van der Waals surface area contributed by atoms with Crippen LogP contribution in [0.15, 0.2) is 24.7 Å². The molecule has 2 aliphatic carbocycles. The quantitative estimate of drug-likeness (QED) is 0.772. The van der Waals surface area contributed by atoms with E-state index in [0.29, 0.717) is 17.9 Å². The van der Waals surface area contributed by atoms with Crippen molar-refractivity contribution in [1.82, 2.24) is 19.9 Å². The first-order valence-corrected chi connectivity index (χ1v) is 10.6. The van der Waals surface area contributed by atoms with Crippen molar-refractivity contribution in [3.63, 3.8) is 0 Å². The van der Waals surface area contributed by atoms with Crippen LogP contribution < -0.4 is 10.2 Å². The summed E-state index contributed by atoms with van der Waals surface area (Å²) in [4.78, 5) is 23.8. The smallest absolute Gasteiger partial charge is 0.268 e. The Kier molecular flexibility index (Phi) is 5.64. The molecule has 2 aliphatic rings. The lowest BCUT2D eigenvalue weighted by Gasteiger charge is -2.17. The van der Waals surface area contributed by atoms with Crippen LogP contribution in [-0.2, 0) is 6.54 Å². The molecule has 0 unspecified atom stereocenters. The third-order valence-electron chi connectivity index (χ3n) is 5.84. The highest BCUT2D eigenvalue weighted by Gasteiger charge is 2.25. The second kappa shape index (κ2) is 8.33. The molecule has 0 aromatic carbocycles. The lowest BCUT2D eigenvalue weighted by Crippen LogP contribution is -2.35. The van der Waals surface area contributed by atoms with Gasteiger partial charge in [0.2, 0.25) is 5.95 Å². The molecule has 1 amide bonds. The van der Waals surface area contributed by atoms with E-state index in [2.05, 4.69) is 26.0 Å². The van der Waals surface area contributed by atoms with Crippen LogP contribution in [0.1, 0.15) is 61.9 Å². The van der Waals surface area contributed by atoms with Crippen molar-refractivity contribution in [2.75, 3.05) is 19.0 Å². The number of nitrogens with one attached hydrogen (secondary N) is 1. The highest BCUT2D eigenvalue weighted by atomic mass is 16.2. The van der Waals surface area contributed by atoms with Crippen molar-refractivity contribution in [1.29, 1.82) is 0 Å². The molecule has 0 aliphatic heterocycles. The Labute approximate surface area is 167 Å². The molecule has 2 aromatic heterocycles. The standard InChI is InChI=1S/C22H31N5O/c1-26(2)22-23-12-18(13-24-22)17-11-20(27(15-17)14-16-9-10-16)21(28)25-19-7-5-3-4-6-8-19/h11-13,15-16,19H,3-10,14H2,1-2H3,(H,25,28). The molecule has 28 heavy (non-hydrogen) atoms. The Bertz CT molecular complexity index is 799. The summed E-state index contributed by atoms with van der Waals surface area (Å²) in [5.74, 6) is 1.45. The van der Waals surface area contributed by atoms with Gasteiger partial charge in [-0.1, -0.05) is 25.7 Å². The van der Waals surface area contributed by atoms with E-state index in [-0.39, 0.29) is 5.91 Å². The highest BCUT2D eigenvalue weighted by molar-refractivity contribution is 5.94. The van der Waals surface area contributed by atoms with Gasteiger partial charge in [-0.05, 0) is 37.7 Å². The van der Waals surface area contributed by atoms with E-state index in [1.807, 2.05) is 37.5 Å². The largest absolute Gasteiger partial charge is 0.348 e. The third kappa shape index (κ3) is 4.54. The van der Waals surface area contributed by atoms with Gasteiger partial charge in [0.15, 0.2) is 0 Å². The van der Waals surface area contributed by atoms with Gasteiger partial charge in [-0.25, -0.2) is 9.97 Å². The molecule has 4 rings (SSSR count). The van der Waals surface area contributed by atoms with Gasteiger partial charge in [0.05, 0.1) is 0 Å². The fourth-order valence-electron chi connectivity index (χ4n) is 3.97. The molecule has 2 saturated carbocycles. The number of aromatic nitrogens is 3. The van der Waals surface area contributed by atoms with Crippen LogP contribution in [0.5, 0.6) is 0 Å². The monoisotopic (exact) mass is 381 g/mol. The van der Waals surface area contributed by atoms with E-state index >= 15 is 0 Å². The topological polar surface area (TPSA) is 63.1 Å². The summed E-state index contributed by atoms with van der Waals surface area (Å²) >= 11 is 0. The summed E-state index contributed by atoms with van der Waals surface area (Å²) in [6.07, 6.45) is 15.5. The lowest BCUT2D eigenvalue weighted by atomic mass is 10.1. The maximum absolute atomic E-state index is 13.1. The van der Waals surface area contributed by atoms with E-state index < -0.39 is 0 Å². The minimum absolute atomic E-state index is 0.0598. The van der Waals surface area contributed by atoms with Gasteiger partial charge < -0.3 is 14.8 Å². The summed E-state index contributed by atoms with van der Waals surface area (Å²) in [5.41, 5.74) is 2.73. The molecule has 6 nitrogen and oxygen atoms in total. The normalized spacial score (nSPS) is 17.9. The molecule has 2 heterocycles. The molecule has 0 atom stereocenters. The maximum atomic E-state index is 13.1. The number of hydrogen-bond donors (Lipinski definition) is 1. The first-order valence-electron chi connectivity index (χ1n) is 10.6. The molecule has 6 heteroatoms. The highest BCUT2D eigenvalue weighted by Crippen LogP contribution is 2.32. The summed E-state index contributed by atoms with van der Waals surface area (Å²) in [6, 6.07) is 2.31. The van der Waals surface area contributed by atoms with Crippen molar-refractivity contribution < 1.29 is 4.79 Å². The fourth-order valence-corrected chi connectivity index (χ4v) is 3.97. The van der Waals surface area contributed by atoms with Gasteiger partial charge in [0.1, 0.15) is 5.69 Å². The summed E-state index contributed by atoms with van der Waals surface area (Å²) in [5, 5.41) is 3.30. The van der Waals surface area contributed by atoms with Gasteiger partial charge in [0, 0.05) is 56.4 Å². The van der Waals surface area contributed by atoms with Gasteiger partial charge in [-0.15, -0.1) is 0 Å². The van der Waals surface area contributed by atoms with Crippen molar-refractivity contribution in [3.05, 3.63) is 30.4 Å². The molecule has 0 radical (unpaired) electrons. The SMILES string of the molecule is CN(C)c1ncc(-c2cc(C(=O)NC3CCCCCC3)n(CC3CC3)c2)cn1. The number of carbonyl (C=O) groups is 1. The van der Waals surface area contributed by atoms with Crippen molar-refractivity contribution in [2.24, 2.45) is 5.92 Å².